The molecule has 1 heterocycles. The Balaban J connectivity index is 1.89. The summed E-state index contributed by atoms with van der Waals surface area (Å²) in [7, 11) is 0. The van der Waals surface area contributed by atoms with Gasteiger partial charge < -0.3 is 9.64 Å². The smallest absolute Gasteiger partial charge is 0.306 e. The van der Waals surface area contributed by atoms with Gasteiger partial charge in [-0.15, -0.1) is 0 Å². The number of anilines is 1. The topological polar surface area (TPSA) is 29.5 Å². The van der Waals surface area contributed by atoms with E-state index in [2.05, 4.69) is 15.9 Å². The maximum absolute atomic E-state index is 13.9. The van der Waals surface area contributed by atoms with Crippen LogP contribution in [0, 0.1) is 11.7 Å². The number of halogens is 2. The molecule has 0 N–H and O–H groups in total. The third-order valence-electron chi connectivity index (χ3n) is 3.63. The molecule has 1 aromatic rings. The van der Waals surface area contributed by atoms with E-state index in [1.54, 1.807) is 6.07 Å². The third kappa shape index (κ3) is 3.95. The summed E-state index contributed by atoms with van der Waals surface area (Å²) >= 11 is 3.26. The molecule has 20 heavy (non-hydrogen) atoms. The Morgan fingerprint density at radius 2 is 2.15 bits per heavy atom. The van der Waals surface area contributed by atoms with Crippen LogP contribution in [0.3, 0.4) is 0 Å². The first-order chi connectivity index (χ1) is 9.60. The van der Waals surface area contributed by atoms with Gasteiger partial charge >= 0.3 is 5.97 Å². The Bertz CT molecular complexity index is 473. The van der Waals surface area contributed by atoms with Gasteiger partial charge in [0.2, 0.25) is 0 Å². The van der Waals surface area contributed by atoms with Crippen LogP contribution >= 0.6 is 15.9 Å². The van der Waals surface area contributed by atoms with Crippen LogP contribution < -0.4 is 4.90 Å². The van der Waals surface area contributed by atoms with Gasteiger partial charge in [0.1, 0.15) is 5.82 Å². The number of carbonyl (C=O) groups is 1. The molecule has 2 rings (SSSR count). The van der Waals surface area contributed by atoms with Gasteiger partial charge in [-0.2, -0.15) is 0 Å². The second kappa shape index (κ2) is 7.07. The van der Waals surface area contributed by atoms with Crippen molar-refractivity contribution in [3.8, 4) is 0 Å². The summed E-state index contributed by atoms with van der Waals surface area (Å²) in [5, 5.41) is 0. The fourth-order valence-electron chi connectivity index (χ4n) is 2.57. The second-order valence-electron chi connectivity index (χ2n) is 5.04. The first-order valence-electron chi connectivity index (χ1n) is 6.95. The van der Waals surface area contributed by atoms with Crippen molar-refractivity contribution in [2.24, 2.45) is 5.92 Å². The molecule has 0 saturated carbocycles. The van der Waals surface area contributed by atoms with Crippen molar-refractivity contribution in [3.05, 3.63) is 28.5 Å². The van der Waals surface area contributed by atoms with E-state index in [1.807, 2.05) is 17.9 Å². The summed E-state index contributed by atoms with van der Waals surface area (Å²) in [4.78, 5) is 13.5. The quantitative estimate of drug-likeness (QED) is 0.779. The number of nitrogens with zero attached hydrogens (tertiary/aromatic N) is 1. The molecule has 0 atom stereocenters. The lowest BCUT2D eigenvalue weighted by atomic mass is 9.93. The van der Waals surface area contributed by atoms with Crippen LogP contribution in [0.15, 0.2) is 22.7 Å². The lowest BCUT2D eigenvalue weighted by Gasteiger charge is -2.33. The predicted octanol–water partition coefficient (Wildman–Crippen LogP) is 3.76. The maximum Gasteiger partial charge on any atom is 0.306 e. The monoisotopic (exact) mass is 343 g/mol. The van der Waals surface area contributed by atoms with Crippen molar-refractivity contribution in [2.75, 3.05) is 24.6 Å². The van der Waals surface area contributed by atoms with Gasteiger partial charge in [0.25, 0.3) is 0 Å². The fraction of sp³-hybridized carbons (Fsp3) is 0.533. The molecule has 110 valence electrons. The Labute approximate surface area is 127 Å². The van der Waals surface area contributed by atoms with E-state index in [9.17, 15) is 9.18 Å². The van der Waals surface area contributed by atoms with Crippen LogP contribution in [0.5, 0.6) is 0 Å². The Morgan fingerprint density at radius 3 is 2.75 bits per heavy atom. The number of piperidine rings is 1. The summed E-state index contributed by atoms with van der Waals surface area (Å²) < 4.78 is 19.6. The summed E-state index contributed by atoms with van der Waals surface area (Å²) in [5.74, 6) is 0.0211. The highest BCUT2D eigenvalue weighted by Crippen LogP contribution is 2.28. The van der Waals surface area contributed by atoms with Crippen LogP contribution in [0.4, 0.5) is 10.1 Å². The molecule has 0 amide bonds. The van der Waals surface area contributed by atoms with Gasteiger partial charge in [0.15, 0.2) is 0 Å². The van der Waals surface area contributed by atoms with E-state index in [4.69, 9.17) is 4.74 Å². The molecule has 1 fully saturated rings. The van der Waals surface area contributed by atoms with Crippen molar-refractivity contribution in [1.29, 1.82) is 0 Å². The molecular weight excluding hydrogens is 325 g/mol. The van der Waals surface area contributed by atoms with Crippen LogP contribution in [-0.4, -0.2) is 25.7 Å². The fourth-order valence-corrected chi connectivity index (χ4v) is 2.90. The molecule has 0 radical (unpaired) electrons. The number of rotatable bonds is 4. The van der Waals surface area contributed by atoms with Crippen molar-refractivity contribution in [3.63, 3.8) is 0 Å². The second-order valence-corrected chi connectivity index (χ2v) is 5.95. The van der Waals surface area contributed by atoms with E-state index in [1.165, 1.54) is 6.07 Å². The molecule has 1 aliphatic rings. The minimum Gasteiger partial charge on any atom is -0.466 e. The number of esters is 1. The number of benzene rings is 1. The minimum absolute atomic E-state index is 0.124. The molecule has 5 heteroatoms. The molecular formula is C15H19BrFNO2. The molecule has 0 unspecified atom stereocenters. The summed E-state index contributed by atoms with van der Waals surface area (Å²) in [6, 6.07) is 5.13. The zero-order valence-corrected chi connectivity index (χ0v) is 13.2. The van der Waals surface area contributed by atoms with Gasteiger partial charge in [0.05, 0.1) is 12.3 Å². The molecule has 3 nitrogen and oxygen atoms in total. The van der Waals surface area contributed by atoms with Crippen LogP contribution in [-0.2, 0) is 9.53 Å². The lowest BCUT2D eigenvalue weighted by Crippen LogP contribution is -2.35. The number of hydrogen-bond donors (Lipinski definition) is 0. The molecule has 0 aromatic heterocycles. The van der Waals surface area contributed by atoms with E-state index in [0.717, 1.165) is 30.4 Å². The molecule has 1 aromatic carbocycles. The van der Waals surface area contributed by atoms with Crippen molar-refractivity contribution in [1.82, 2.24) is 0 Å². The molecule has 0 aliphatic carbocycles. The number of ether oxygens (including phenoxy) is 1. The van der Waals surface area contributed by atoms with Crippen molar-refractivity contribution >= 4 is 27.6 Å². The predicted molar refractivity (Wildman–Crippen MR) is 80.3 cm³/mol. The highest BCUT2D eigenvalue weighted by Gasteiger charge is 2.23. The van der Waals surface area contributed by atoms with Crippen LogP contribution in [0.2, 0.25) is 0 Å². The Morgan fingerprint density at radius 1 is 1.45 bits per heavy atom. The molecule has 0 spiro atoms. The molecule has 0 bridgehead atoms. The first-order valence-corrected chi connectivity index (χ1v) is 7.75. The van der Waals surface area contributed by atoms with Crippen molar-refractivity contribution in [2.45, 2.75) is 26.2 Å². The molecule has 1 saturated heterocycles. The van der Waals surface area contributed by atoms with E-state index < -0.39 is 0 Å². The minimum atomic E-state index is -0.205. The zero-order valence-electron chi connectivity index (χ0n) is 11.6. The van der Waals surface area contributed by atoms with Crippen LogP contribution in [0.1, 0.15) is 26.2 Å². The van der Waals surface area contributed by atoms with E-state index in [0.29, 0.717) is 24.6 Å². The summed E-state index contributed by atoms with van der Waals surface area (Å²) in [6.45, 7) is 3.81. The van der Waals surface area contributed by atoms with Gasteiger partial charge in [-0.05, 0) is 43.9 Å². The van der Waals surface area contributed by atoms with E-state index in [-0.39, 0.29) is 11.8 Å². The molecule has 1 aliphatic heterocycles. The van der Waals surface area contributed by atoms with E-state index >= 15 is 0 Å². The number of carbonyl (C=O) groups excluding carboxylic acids is 1. The van der Waals surface area contributed by atoms with Gasteiger partial charge in [-0.25, -0.2) is 4.39 Å². The highest BCUT2D eigenvalue weighted by atomic mass is 79.9. The summed E-state index contributed by atoms with van der Waals surface area (Å²) in [5.41, 5.74) is 0.641. The Hall–Kier alpha value is -1.10. The largest absolute Gasteiger partial charge is 0.466 e. The Kier molecular flexibility index (Phi) is 5.40. The number of hydrogen-bond acceptors (Lipinski definition) is 3. The average molecular weight is 344 g/mol. The van der Waals surface area contributed by atoms with Gasteiger partial charge in [0, 0.05) is 24.0 Å². The maximum atomic E-state index is 13.9. The van der Waals surface area contributed by atoms with Crippen molar-refractivity contribution < 1.29 is 13.9 Å². The first kappa shape index (κ1) is 15.3. The zero-order chi connectivity index (χ0) is 14.5. The standard InChI is InChI=1S/C15H19BrFNO2/c1-2-20-15(19)9-11-5-7-18(8-6-11)14-4-3-12(16)10-13(14)17/h3-4,10-11H,2,5-9H2,1H3. The lowest BCUT2D eigenvalue weighted by molar-refractivity contribution is -0.144. The SMILES string of the molecule is CCOC(=O)CC1CCN(c2ccc(Br)cc2F)CC1. The van der Waals surface area contributed by atoms with Gasteiger partial charge in [-0.1, -0.05) is 15.9 Å². The average Bonchev–Trinajstić information content (AvgIpc) is 2.40. The highest BCUT2D eigenvalue weighted by molar-refractivity contribution is 9.10. The third-order valence-corrected chi connectivity index (χ3v) is 4.12. The summed E-state index contributed by atoms with van der Waals surface area (Å²) in [6.07, 6.45) is 2.27. The van der Waals surface area contributed by atoms with Crippen LogP contribution in [0.25, 0.3) is 0 Å². The van der Waals surface area contributed by atoms with Gasteiger partial charge in [-0.3, -0.25) is 4.79 Å². The normalized spacial score (nSPS) is 16.2.